The first-order valence-electron chi connectivity index (χ1n) is 8.69. The van der Waals surface area contributed by atoms with Gasteiger partial charge in [0.15, 0.2) is 5.69 Å². The van der Waals surface area contributed by atoms with Crippen LogP contribution in [-0.4, -0.2) is 51.6 Å². The van der Waals surface area contributed by atoms with Gasteiger partial charge in [-0.25, -0.2) is 4.39 Å². The fraction of sp³-hybridized carbons (Fsp3) is 0.444. The molecule has 1 unspecified atom stereocenters. The third kappa shape index (κ3) is 4.29. The van der Waals surface area contributed by atoms with Crippen LogP contribution >= 0.6 is 0 Å². The molecule has 0 saturated carbocycles. The summed E-state index contributed by atoms with van der Waals surface area (Å²) in [7, 11) is 0. The van der Waals surface area contributed by atoms with Gasteiger partial charge in [0.1, 0.15) is 11.5 Å². The minimum absolute atomic E-state index is 0.0197. The summed E-state index contributed by atoms with van der Waals surface area (Å²) in [5, 5.41) is 5.36. The topological polar surface area (TPSA) is 52.2 Å². The van der Waals surface area contributed by atoms with Crippen LogP contribution in [0.4, 0.5) is 17.6 Å². The van der Waals surface area contributed by atoms with Gasteiger partial charge in [-0.1, -0.05) is 25.1 Å². The molecule has 1 fully saturated rings. The van der Waals surface area contributed by atoms with E-state index >= 15 is 0 Å². The highest BCUT2D eigenvalue weighted by Crippen LogP contribution is 2.28. The molecule has 2 heterocycles. The zero-order valence-corrected chi connectivity index (χ0v) is 14.8. The predicted molar refractivity (Wildman–Crippen MR) is 90.4 cm³/mol. The summed E-state index contributed by atoms with van der Waals surface area (Å²) in [4.78, 5) is 16.5. The van der Waals surface area contributed by atoms with Gasteiger partial charge in [0, 0.05) is 37.3 Å². The van der Waals surface area contributed by atoms with Crippen molar-refractivity contribution in [3.8, 4) is 0 Å². The van der Waals surface area contributed by atoms with Gasteiger partial charge in [0.2, 0.25) is 0 Å². The van der Waals surface area contributed by atoms with Gasteiger partial charge in [-0.3, -0.25) is 9.89 Å². The van der Waals surface area contributed by atoms with Crippen LogP contribution in [0.3, 0.4) is 0 Å². The number of carbonyl (C=O) groups is 1. The zero-order chi connectivity index (χ0) is 19.6. The Morgan fingerprint density at radius 2 is 2.11 bits per heavy atom. The first-order valence-corrected chi connectivity index (χ1v) is 8.69. The number of nitrogens with one attached hydrogen (secondary N) is 1. The second-order valence-corrected chi connectivity index (χ2v) is 6.52. The molecule has 3 rings (SSSR count). The molecule has 2 aromatic rings. The SMILES string of the molecule is CCN1CCC(N(Cc2ccccc2F)C(=O)c2cc(C(F)(F)F)n[nH]2)C1. The third-order valence-corrected chi connectivity index (χ3v) is 4.79. The van der Waals surface area contributed by atoms with Crippen molar-refractivity contribution in [1.82, 2.24) is 20.0 Å². The number of H-pyrrole nitrogens is 1. The number of benzene rings is 1. The lowest BCUT2D eigenvalue weighted by molar-refractivity contribution is -0.141. The minimum atomic E-state index is -4.64. The number of likely N-dealkylation sites (N-methyl/N-ethyl adjacent to an activating group) is 1. The summed E-state index contributed by atoms with van der Waals surface area (Å²) in [6.07, 6.45) is -3.97. The fourth-order valence-electron chi connectivity index (χ4n) is 3.26. The van der Waals surface area contributed by atoms with E-state index in [2.05, 4.69) is 15.1 Å². The van der Waals surface area contributed by atoms with Gasteiger partial charge >= 0.3 is 6.18 Å². The summed E-state index contributed by atoms with van der Waals surface area (Å²) < 4.78 is 52.5. The van der Waals surface area contributed by atoms with Crippen molar-refractivity contribution >= 4 is 5.91 Å². The Morgan fingerprint density at radius 3 is 2.70 bits per heavy atom. The number of carbonyl (C=O) groups excluding carboxylic acids is 1. The van der Waals surface area contributed by atoms with Crippen molar-refractivity contribution in [2.24, 2.45) is 0 Å². The van der Waals surface area contributed by atoms with Crippen LogP contribution in [0.5, 0.6) is 0 Å². The number of rotatable bonds is 5. The van der Waals surface area contributed by atoms with Gasteiger partial charge in [0.25, 0.3) is 5.91 Å². The number of amides is 1. The maximum Gasteiger partial charge on any atom is 0.435 e. The Hall–Kier alpha value is -2.42. The van der Waals surface area contributed by atoms with E-state index in [1.807, 2.05) is 6.92 Å². The maximum absolute atomic E-state index is 14.1. The van der Waals surface area contributed by atoms with E-state index in [4.69, 9.17) is 0 Å². The number of aromatic nitrogens is 2. The average Bonchev–Trinajstić information content (AvgIpc) is 3.29. The third-order valence-electron chi connectivity index (χ3n) is 4.79. The van der Waals surface area contributed by atoms with Crippen molar-refractivity contribution in [3.63, 3.8) is 0 Å². The molecule has 0 bridgehead atoms. The van der Waals surface area contributed by atoms with Gasteiger partial charge in [-0.05, 0) is 19.0 Å². The first-order chi connectivity index (χ1) is 12.8. The van der Waals surface area contributed by atoms with Gasteiger partial charge < -0.3 is 9.80 Å². The normalized spacial score (nSPS) is 18.0. The summed E-state index contributed by atoms with van der Waals surface area (Å²) in [5.41, 5.74) is -1.09. The molecule has 0 aliphatic carbocycles. The van der Waals surface area contributed by atoms with E-state index in [0.29, 0.717) is 24.6 Å². The minimum Gasteiger partial charge on any atom is -0.329 e. The molecule has 1 aliphatic heterocycles. The lowest BCUT2D eigenvalue weighted by atomic mass is 10.1. The Labute approximate surface area is 154 Å². The highest BCUT2D eigenvalue weighted by molar-refractivity contribution is 5.92. The molecule has 1 aliphatic rings. The van der Waals surface area contributed by atoms with Crippen molar-refractivity contribution in [2.45, 2.75) is 32.1 Å². The molecule has 1 atom stereocenters. The standard InChI is InChI=1S/C18H20F4N4O/c1-2-25-8-7-13(11-25)26(10-12-5-3-4-6-14(12)19)17(27)15-9-16(24-23-15)18(20,21)22/h3-6,9,13H,2,7-8,10-11H2,1H3,(H,23,24). The van der Waals surface area contributed by atoms with E-state index < -0.39 is 23.6 Å². The second-order valence-electron chi connectivity index (χ2n) is 6.52. The fourth-order valence-corrected chi connectivity index (χ4v) is 3.26. The molecule has 1 N–H and O–H groups in total. The van der Waals surface area contributed by atoms with E-state index in [1.54, 1.807) is 18.2 Å². The van der Waals surface area contributed by atoms with Crippen LogP contribution in [-0.2, 0) is 12.7 Å². The number of nitrogens with zero attached hydrogens (tertiary/aromatic N) is 3. The van der Waals surface area contributed by atoms with Crippen LogP contribution in [0.25, 0.3) is 0 Å². The van der Waals surface area contributed by atoms with E-state index in [-0.39, 0.29) is 18.3 Å². The summed E-state index contributed by atoms with van der Waals surface area (Å²) in [6, 6.07) is 6.55. The summed E-state index contributed by atoms with van der Waals surface area (Å²) in [6.45, 7) is 4.15. The van der Waals surface area contributed by atoms with Crippen molar-refractivity contribution in [3.05, 3.63) is 53.1 Å². The molecular formula is C18H20F4N4O. The predicted octanol–water partition coefficient (Wildman–Crippen LogP) is 3.30. The molecule has 27 heavy (non-hydrogen) atoms. The lowest BCUT2D eigenvalue weighted by Gasteiger charge is -2.29. The number of halogens is 4. The lowest BCUT2D eigenvalue weighted by Crippen LogP contribution is -2.42. The molecular weight excluding hydrogens is 364 g/mol. The molecule has 5 nitrogen and oxygen atoms in total. The Morgan fingerprint density at radius 1 is 1.37 bits per heavy atom. The Kier molecular flexibility index (Phi) is 5.50. The van der Waals surface area contributed by atoms with Gasteiger partial charge in [-0.15, -0.1) is 0 Å². The van der Waals surface area contributed by atoms with Crippen LogP contribution in [0.1, 0.15) is 35.1 Å². The van der Waals surface area contributed by atoms with E-state index in [0.717, 1.165) is 13.1 Å². The number of aromatic amines is 1. The largest absolute Gasteiger partial charge is 0.435 e. The van der Waals surface area contributed by atoms with Crippen LogP contribution in [0.15, 0.2) is 30.3 Å². The van der Waals surface area contributed by atoms with Crippen molar-refractivity contribution < 1.29 is 22.4 Å². The molecule has 0 radical (unpaired) electrons. The molecule has 1 aromatic heterocycles. The molecule has 1 saturated heterocycles. The Bertz CT molecular complexity index is 805. The maximum atomic E-state index is 14.1. The number of alkyl halides is 3. The highest BCUT2D eigenvalue weighted by Gasteiger charge is 2.36. The molecule has 0 spiro atoms. The summed E-state index contributed by atoms with van der Waals surface area (Å²) in [5.74, 6) is -1.08. The van der Waals surface area contributed by atoms with Crippen molar-refractivity contribution in [1.29, 1.82) is 0 Å². The van der Waals surface area contributed by atoms with E-state index in [9.17, 15) is 22.4 Å². The highest BCUT2D eigenvalue weighted by atomic mass is 19.4. The Balaban J connectivity index is 1.88. The number of hydrogen-bond acceptors (Lipinski definition) is 3. The number of likely N-dealkylation sites (tertiary alicyclic amines) is 1. The van der Waals surface area contributed by atoms with Crippen LogP contribution in [0, 0.1) is 5.82 Å². The molecule has 9 heteroatoms. The first kappa shape index (κ1) is 19.3. The molecule has 146 valence electrons. The van der Waals surface area contributed by atoms with E-state index in [1.165, 1.54) is 11.0 Å². The van der Waals surface area contributed by atoms with Crippen molar-refractivity contribution in [2.75, 3.05) is 19.6 Å². The van der Waals surface area contributed by atoms with Gasteiger partial charge in [-0.2, -0.15) is 18.3 Å². The van der Waals surface area contributed by atoms with Crippen LogP contribution < -0.4 is 0 Å². The molecule has 1 aromatic carbocycles. The second kappa shape index (κ2) is 7.67. The quantitative estimate of drug-likeness (QED) is 0.805. The summed E-state index contributed by atoms with van der Waals surface area (Å²) >= 11 is 0. The molecule has 1 amide bonds. The average molecular weight is 384 g/mol. The number of hydrogen-bond donors (Lipinski definition) is 1. The zero-order valence-electron chi connectivity index (χ0n) is 14.8. The smallest absolute Gasteiger partial charge is 0.329 e. The van der Waals surface area contributed by atoms with Gasteiger partial charge in [0.05, 0.1) is 0 Å². The monoisotopic (exact) mass is 384 g/mol. The van der Waals surface area contributed by atoms with Crippen LogP contribution in [0.2, 0.25) is 0 Å².